The van der Waals surface area contributed by atoms with Crippen molar-refractivity contribution in [3.05, 3.63) is 35.9 Å². The zero-order chi connectivity index (χ0) is 17.1. The summed E-state index contributed by atoms with van der Waals surface area (Å²) in [6.07, 6.45) is 2.79. The Morgan fingerprint density at radius 3 is 2.35 bits per heavy atom. The van der Waals surface area contributed by atoms with E-state index in [4.69, 9.17) is 9.16 Å². The van der Waals surface area contributed by atoms with Gasteiger partial charge in [0.15, 0.2) is 8.32 Å². The van der Waals surface area contributed by atoms with Crippen LogP contribution in [-0.2, 0) is 15.8 Å². The second-order valence-electron chi connectivity index (χ2n) is 8.75. The van der Waals surface area contributed by atoms with E-state index in [1.165, 1.54) is 18.4 Å². The second kappa shape index (κ2) is 7.50. The van der Waals surface area contributed by atoms with Crippen molar-refractivity contribution in [1.82, 2.24) is 0 Å². The predicted molar refractivity (Wildman–Crippen MR) is 100 cm³/mol. The van der Waals surface area contributed by atoms with E-state index in [9.17, 15) is 0 Å². The number of ether oxygens (including phenoxy) is 1. The Morgan fingerprint density at radius 2 is 1.74 bits per heavy atom. The van der Waals surface area contributed by atoms with Crippen molar-refractivity contribution < 1.29 is 9.16 Å². The van der Waals surface area contributed by atoms with E-state index in [2.05, 4.69) is 65.1 Å². The van der Waals surface area contributed by atoms with Crippen molar-refractivity contribution in [1.29, 1.82) is 0 Å². The van der Waals surface area contributed by atoms with Crippen LogP contribution in [-0.4, -0.2) is 21.0 Å². The maximum Gasteiger partial charge on any atom is 0.192 e. The summed E-state index contributed by atoms with van der Waals surface area (Å²) in [6.45, 7) is 15.5. The van der Waals surface area contributed by atoms with Gasteiger partial charge in [0, 0.05) is 5.92 Å². The molecular weight excluding hydrogens is 300 g/mol. The molecular formula is C20H34O2Si. The molecule has 0 radical (unpaired) electrons. The van der Waals surface area contributed by atoms with Crippen molar-refractivity contribution in [2.75, 3.05) is 6.61 Å². The second-order valence-corrected chi connectivity index (χ2v) is 13.5. The van der Waals surface area contributed by atoms with Gasteiger partial charge in [0.25, 0.3) is 0 Å². The molecule has 0 N–H and O–H groups in total. The monoisotopic (exact) mass is 334 g/mol. The smallest absolute Gasteiger partial charge is 0.192 e. The minimum atomic E-state index is -1.70. The summed E-state index contributed by atoms with van der Waals surface area (Å²) in [5.74, 6) is 1.29. The first-order valence-corrected chi connectivity index (χ1v) is 11.9. The van der Waals surface area contributed by atoms with E-state index in [1.54, 1.807) is 0 Å². The molecule has 0 bridgehead atoms. The van der Waals surface area contributed by atoms with Crippen molar-refractivity contribution in [2.24, 2.45) is 11.8 Å². The molecule has 0 aliphatic heterocycles. The van der Waals surface area contributed by atoms with E-state index in [1.807, 2.05) is 6.07 Å². The highest BCUT2D eigenvalue weighted by atomic mass is 28.4. The van der Waals surface area contributed by atoms with Crippen LogP contribution < -0.4 is 0 Å². The Bertz CT molecular complexity index is 478. The Hall–Kier alpha value is -0.643. The molecule has 1 fully saturated rings. The lowest BCUT2D eigenvalue weighted by atomic mass is 10.1. The minimum Gasteiger partial charge on any atom is -0.414 e. The van der Waals surface area contributed by atoms with Crippen molar-refractivity contribution >= 4 is 8.32 Å². The molecule has 1 aromatic rings. The van der Waals surface area contributed by atoms with E-state index in [0.29, 0.717) is 18.6 Å². The highest BCUT2D eigenvalue weighted by Gasteiger charge is 2.43. The fraction of sp³-hybridized carbons (Fsp3) is 0.700. The highest BCUT2D eigenvalue weighted by molar-refractivity contribution is 6.74. The van der Waals surface area contributed by atoms with Gasteiger partial charge in [-0.05, 0) is 42.5 Å². The number of benzene rings is 1. The zero-order valence-corrected chi connectivity index (χ0v) is 16.8. The average molecular weight is 335 g/mol. The van der Waals surface area contributed by atoms with Crippen LogP contribution >= 0.6 is 0 Å². The third kappa shape index (κ3) is 5.17. The molecule has 0 unspecified atom stereocenters. The van der Waals surface area contributed by atoms with Gasteiger partial charge in [0.1, 0.15) is 0 Å². The normalized spacial score (nSPS) is 25.7. The van der Waals surface area contributed by atoms with E-state index in [-0.39, 0.29) is 5.04 Å². The molecule has 0 heterocycles. The predicted octanol–water partition coefficient (Wildman–Crippen LogP) is 5.64. The summed E-state index contributed by atoms with van der Waals surface area (Å²) in [7, 11) is -1.70. The Kier molecular flexibility index (Phi) is 6.09. The summed E-state index contributed by atoms with van der Waals surface area (Å²) in [5, 5.41) is 0.272. The lowest BCUT2D eigenvalue weighted by molar-refractivity contribution is 0.0412. The lowest BCUT2D eigenvalue weighted by Crippen LogP contribution is -2.45. The van der Waals surface area contributed by atoms with Crippen LogP contribution in [0, 0.1) is 11.8 Å². The van der Waals surface area contributed by atoms with Gasteiger partial charge in [-0.1, -0.05) is 58.0 Å². The molecule has 1 saturated carbocycles. The third-order valence-electron chi connectivity index (χ3n) is 5.56. The first kappa shape index (κ1) is 18.7. The molecule has 0 spiro atoms. The highest BCUT2D eigenvalue weighted by Crippen LogP contribution is 2.42. The molecule has 3 heteroatoms. The number of hydrogen-bond acceptors (Lipinski definition) is 2. The van der Waals surface area contributed by atoms with Gasteiger partial charge >= 0.3 is 0 Å². The third-order valence-corrected chi connectivity index (χ3v) is 10.1. The van der Waals surface area contributed by atoms with Gasteiger partial charge in [-0.15, -0.1) is 0 Å². The summed E-state index contributed by atoms with van der Waals surface area (Å²) in [4.78, 5) is 0. The lowest BCUT2D eigenvalue weighted by Gasteiger charge is -2.40. The van der Waals surface area contributed by atoms with Gasteiger partial charge in [-0.25, -0.2) is 0 Å². The topological polar surface area (TPSA) is 18.5 Å². The summed E-state index contributed by atoms with van der Waals surface area (Å²) >= 11 is 0. The molecule has 0 amide bonds. The molecule has 0 aromatic heterocycles. The first-order valence-electron chi connectivity index (χ1n) is 8.98. The maximum atomic E-state index is 6.71. The molecule has 130 valence electrons. The maximum absolute atomic E-state index is 6.71. The molecule has 1 aromatic carbocycles. The van der Waals surface area contributed by atoms with Crippen molar-refractivity contribution in [3.8, 4) is 0 Å². The van der Waals surface area contributed by atoms with Crippen LogP contribution in [0.25, 0.3) is 0 Å². The Balaban J connectivity index is 1.89. The number of hydrogen-bond donors (Lipinski definition) is 0. The largest absolute Gasteiger partial charge is 0.414 e. The Morgan fingerprint density at radius 1 is 1.09 bits per heavy atom. The number of rotatable bonds is 6. The van der Waals surface area contributed by atoms with Gasteiger partial charge in [0.2, 0.25) is 0 Å². The summed E-state index contributed by atoms with van der Waals surface area (Å²) in [5.41, 5.74) is 1.25. The van der Waals surface area contributed by atoms with Crippen LogP contribution in [0.2, 0.25) is 18.1 Å². The quantitative estimate of drug-likeness (QED) is 0.627. The molecule has 23 heavy (non-hydrogen) atoms. The zero-order valence-electron chi connectivity index (χ0n) is 15.8. The van der Waals surface area contributed by atoms with E-state index < -0.39 is 8.32 Å². The van der Waals surface area contributed by atoms with Crippen molar-refractivity contribution in [3.63, 3.8) is 0 Å². The van der Waals surface area contributed by atoms with Crippen LogP contribution in [0.3, 0.4) is 0 Å². The first-order chi connectivity index (χ1) is 10.7. The molecule has 1 aliphatic rings. The van der Waals surface area contributed by atoms with Crippen LogP contribution in [0.4, 0.5) is 0 Å². The SMILES string of the molecule is C[C@H]1C[C@@H](COCc2ccccc2)[C@@H](O[Si](C)(C)C(C)(C)C)C1. The fourth-order valence-electron chi connectivity index (χ4n) is 3.13. The van der Waals surface area contributed by atoms with Gasteiger partial charge in [-0.2, -0.15) is 0 Å². The molecule has 0 saturated heterocycles. The molecule has 2 rings (SSSR count). The minimum absolute atomic E-state index is 0.272. The fourth-order valence-corrected chi connectivity index (χ4v) is 4.53. The van der Waals surface area contributed by atoms with E-state index >= 15 is 0 Å². The average Bonchev–Trinajstić information content (AvgIpc) is 2.78. The molecule has 3 atom stereocenters. The van der Waals surface area contributed by atoms with Crippen molar-refractivity contribution in [2.45, 2.75) is 71.4 Å². The summed E-state index contributed by atoms with van der Waals surface area (Å²) < 4.78 is 12.7. The van der Waals surface area contributed by atoms with Gasteiger partial charge in [-0.3, -0.25) is 0 Å². The molecule has 1 aliphatic carbocycles. The standard InChI is InChI=1S/C20H34O2Si/c1-16-12-18(15-21-14-17-10-8-7-9-11-17)19(13-16)22-23(5,6)20(2,3)4/h7-11,16,18-19H,12-15H2,1-6H3/t16-,18-,19-/m0/s1. The Labute approximate surface area is 143 Å². The molecule has 2 nitrogen and oxygen atoms in total. The van der Waals surface area contributed by atoms with E-state index in [0.717, 1.165) is 12.5 Å². The van der Waals surface area contributed by atoms with Gasteiger partial charge in [0.05, 0.1) is 19.3 Å². The van der Waals surface area contributed by atoms with Gasteiger partial charge < -0.3 is 9.16 Å². The van der Waals surface area contributed by atoms with Crippen LogP contribution in [0.1, 0.15) is 46.1 Å². The summed E-state index contributed by atoms with van der Waals surface area (Å²) in [6, 6.07) is 10.4. The van der Waals surface area contributed by atoms with Crippen LogP contribution in [0.5, 0.6) is 0 Å². The van der Waals surface area contributed by atoms with Crippen LogP contribution in [0.15, 0.2) is 30.3 Å².